The van der Waals surface area contributed by atoms with E-state index in [0.29, 0.717) is 40.8 Å². The van der Waals surface area contributed by atoms with Crippen molar-refractivity contribution < 1.29 is 19.1 Å². The molecule has 0 unspecified atom stereocenters. The molecular weight excluding hydrogens is 540 g/mol. The molecule has 0 spiro atoms. The topological polar surface area (TPSA) is 85.2 Å². The third kappa shape index (κ3) is 4.90. The summed E-state index contributed by atoms with van der Waals surface area (Å²) in [6, 6.07) is 18.7. The average molecular weight is 569 g/mol. The van der Waals surface area contributed by atoms with Crippen LogP contribution in [0.25, 0.3) is 16.4 Å². The van der Waals surface area contributed by atoms with Crippen molar-refractivity contribution in [1.82, 2.24) is 9.38 Å². The smallest absolute Gasteiger partial charge is 0.278 e. The lowest BCUT2D eigenvalue weighted by Crippen LogP contribution is -2.30. The van der Waals surface area contributed by atoms with E-state index in [-0.39, 0.29) is 24.5 Å². The van der Waals surface area contributed by atoms with Crippen molar-refractivity contribution in [2.45, 2.75) is 19.8 Å². The average Bonchev–Trinajstić information content (AvgIpc) is 3.57. The first-order valence-corrected chi connectivity index (χ1v) is 13.8. The van der Waals surface area contributed by atoms with E-state index in [1.807, 2.05) is 0 Å². The summed E-state index contributed by atoms with van der Waals surface area (Å²) in [6.45, 7) is 4.80. The fourth-order valence-corrected chi connectivity index (χ4v) is 5.80. The Balaban J connectivity index is 1.26. The number of amides is 2. The first kappa shape index (κ1) is 26.8. The van der Waals surface area contributed by atoms with Crippen LogP contribution in [0.15, 0.2) is 73.1 Å². The van der Waals surface area contributed by atoms with Crippen molar-refractivity contribution in [2.75, 3.05) is 36.5 Å². The Bertz CT molecular complexity index is 1800. The number of halogens is 1. The molecule has 0 saturated carbocycles. The largest absolute Gasteiger partial charge is 0.468 e. The molecule has 6 rings (SSSR count). The van der Waals surface area contributed by atoms with Gasteiger partial charge in [0.2, 0.25) is 0 Å². The van der Waals surface area contributed by atoms with Gasteiger partial charge in [0, 0.05) is 49.1 Å². The van der Waals surface area contributed by atoms with Crippen LogP contribution in [-0.2, 0) is 4.74 Å². The van der Waals surface area contributed by atoms with Crippen LogP contribution >= 0.6 is 11.6 Å². The minimum atomic E-state index is -0.266. The molecule has 41 heavy (non-hydrogen) atoms. The zero-order valence-corrected chi connectivity index (χ0v) is 23.7. The van der Waals surface area contributed by atoms with Gasteiger partial charge in [-0.3, -0.25) is 9.59 Å². The Kier molecular flexibility index (Phi) is 7.11. The predicted octanol–water partition coefficient (Wildman–Crippen LogP) is 6.32. The number of aromatic nitrogens is 2. The Morgan fingerprint density at radius 1 is 1.05 bits per heavy atom. The van der Waals surface area contributed by atoms with Gasteiger partial charge in [-0.15, -0.1) is 11.6 Å². The molecule has 1 N–H and O–H groups in total. The molecule has 2 amide bonds. The molecule has 8 nitrogen and oxygen atoms in total. The molecule has 0 saturated heterocycles. The van der Waals surface area contributed by atoms with Crippen molar-refractivity contribution in [2.24, 2.45) is 0 Å². The third-order valence-electron chi connectivity index (χ3n) is 7.52. The number of imidazole rings is 1. The third-order valence-corrected chi connectivity index (χ3v) is 7.89. The number of nitrogens with zero attached hydrogens (tertiary/aromatic N) is 3. The molecule has 1 aliphatic heterocycles. The number of hydrogen-bond donors (Lipinski definition) is 1. The summed E-state index contributed by atoms with van der Waals surface area (Å²) in [4.78, 5) is 33.0. The van der Waals surface area contributed by atoms with Crippen LogP contribution in [0.3, 0.4) is 0 Å². The molecule has 0 aliphatic carbocycles. The fraction of sp³-hybridized carbons (Fsp3) is 0.219. The summed E-state index contributed by atoms with van der Waals surface area (Å²) in [7, 11) is 1.54. The van der Waals surface area contributed by atoms with E-state index in [1.165, 1.54) is 16.3 Å². The zero-order valence-electron chi connectivity index (χ0n) is 23.0. The number of pyridine rings is 1. The normalized spacial score (nSPS) is 14.4. The van der Waals surface area contributed by atoms with Crippen molar-refractivity contribution in [1.29, 1.82) is 0 Å². The number of carbonyl (C=O) groups excluding carboxylic acids is 2. The summed E-state index contributed by atoms with van der Waals surface area (Å²) in [5.74, 6) is 0.602. The van der Waals surface area contributed by atoms with E-state index >= 15 is 0 Å². The van der Waals surface area contributed by atoms with E-state index < -0.39 is 0 Å². The van der Waals surface area contributed by atoms with Gasteiger partial charge in [-0.05, 0) is 83.8 Å². The number of benzene rings is 3. The highest BCUT2D eigenvalue weighted by molar-refractivity contribution is 6.19. The second kappa shape index (κ2) is 10.9. The number of fused-ring (bicyclic) bond motifs is 4. The van der Waals surface area contributed by atoms with E-state index in [1.54, 1.807) is 65.2 Å². The monoisotopic (exact) mass is 568 g/mol. The van der Waals surface area contributed by atoms with Gasteiger partial charge in [-0.1, -0.05) is 18.2 Å². The van der Waals surface area contributed by atoms with Crippen molar-refractivity contribution in [3.63, 3.8) is 0 Å². The van der Waals surface area contributed by atoms with Gasteiger partial charge in [-0.25, -0.2) is 4.98 Å². The van der Waals surface area contributed by atoms with Crippen LogP contribution in [0.4, 0.5) is 11.4 Å². The highest BCUT2D eigenvalue weighted by atomic mass is 35.5. The van der Waals surface area contributed by atoms with Crippen molar-refractivity contribution >= 4 is 51.2 Å². The van der Waals surface area contributed by atoms with Crippen LogP contribution in [0.5, 0.6) is 5.75 Å². The maximum Gasteiger partial charge on any atom is 0.278 e. The number of hydrogen-bond acceptors (Lipinski definition) is 5. The number of rotatable bonds is 7. The molecule has 1 aliphatic rings. The van der Waals surface area contributed by atoms with Crippen LogP contribution in [0, 0.1) is 13.8 Å². The molecule has 208 valence electrons. The molecule has 1 atom stereocenters. The van der Waals surface area contributed by atoms with Gasteiger partial charge >= 0.3 is 0 Å². The second-order valence-corrected chi connectivity index (χ2v) is 10.5. The predicted molar refractivity (Wildman–Crippen MR) is 161 cm³/mol. The van der Waals surface area contributed by atoms with Gasteiger partial charge in [-0.2, -0.15) is 0 Å². The number of nitrogens with one attached hydrogen (secondary N) is 1. The summed E-state index contributed by atoms with van der Waals surface area (Å²) < 4.78 is 12.0. The van der Waals surface area contributed by atoms with Gasteiger partial charge in [0.25, 0.3) is 11.8 Å². The number of alkyl halides is 1. The molecule has 2 aromatic heterocycles. The summed E-state index contributed by atoms with van der Waals surface area (Å²) in [5, 5.41) is 5.26. The maximum absolute atomic E-state index is 13.8. The number of ether oxygens (including phenoxy) is 2. The highest BCUT2D eigenvalue weighted by Gasteiger charge is 2.35. The maximum atomic E-state index is 13.8. The van der Waals surface area contributed by atoms with E-state index in [2.05, 4.69) is 48.4 Å². The standard InChI is InChI=1S/C32H29ClN4O4/c1-19-5-4-6-25-20(2)13-27-30(29(19)25)22(14-33)15-37(27)32(39)26-17-36-16-23(9-12-28(36)35-26)34-31(38)21-7-10-24(11-8-21)41-18-40-3/h4-13,16-17,22H,14-15,18H2,1-3H3,(H,34,38)/t22-/m1/s1. The molecule has 0 fully saturated rings. The van der Waals surface area contributed by atoms with Crippen LogP contribution in [0.2, 0.25) is 0 Å². The zero-order chi connectivity index (χ0) is 28.7. The van der Waals surface area contributed by atoms with Crippen molar-refractivity contribution in [3.8, 4) is 5.75 Å². The molecule has 0 radical (unpaired) electrons. The lowest BCUT2D eigenvalue weighted by molar-refractivity contribution is 0.0511. The first-order valence-electron chi connectivity index (χ1n) is 13.3. The van der Waals surface area contributed by atoms with Gasteiger partial charge < -0.3 is 24.1 Å². The summed E-state index contributed by atoms with van der Waals surface area (Å²) >= 11 is 6.44. The minimum Gasteiger partial charge on any atom is -0.468 e. The van der Waals surface area contributed by atoms with Crippen LogP contribution < -0.4 is 15.0 Å². The molecule has 9 heteroatoms. The summed E-state index contributed by atoms with van der Waals surface area (Å²) in [6.07, 6.45) is 3.44. The quantitative estimate of drug-likeness (QED) is 0.183. The molecule has 0 bridgehead atoms. The number of carbonyl (C=O) groups is 2. The van der Waals surface area contributed by atoms with E-state index in [9.17, 15) is 9.59 Å². The van der Waals surface area contributed by atoms with E-state index in [0.717, 1.165) is 16.8 Å². The number of anilines is 2. The fourth-order valence-electron chi connectivity index (χ4n) is 5.55. The number of aryl methyl sites for hydroxylation is 2. The lowest BCUT2D eigenvalue weighted by Gasteiger charge is -2.18. The highest BCUT2D eigenvalue weighted by Crippen LogP contribution is 2.44. The Hall–Kier alpha value is -4.40. The summed E-state index contributed by atoms with van der Waals surface area (Å²) in [5.41, 5.74) is 6.28. The Morgan fingerprint density at radius 2 is 1.85 bits per heavy atom. The minimum absolute atomic E-state index is 0.0271. The second-order valence-electron chi connectivity index (χ2n) is 10.2. The molecule has 3 aromatic carbocycles. The molecule has 3 heterocycles. The SMILES string of the molecule is COCOc1ccc(C(=O)Nc2ccc3nc(C(=O)N4C[C@@H](CCl)c5c4cc(C)c4cccc(C)c54)cn3c2)cc1. The lowest BCUT2D eigenvalue weighted by atomic mass is 9.91. The van der Waals surface area contributed by atoms with Crippen molar-refractivity contribution in [3.05, 3.63) is 101 Å². The molecule has 5 aromatic rings. The van der Waals surface area contributed by atoms with Gasteiger partial charge in [0.15, 0.2) is 6.79 Å². The molecular formula is C32H29ClN4O4. The van der Waals surface area contributed by atoms with Crippen LogP contribution in [-0.4, -0.2) is 47.5 Å². The Labute approximate surface area is 242 Å². The first-order chi connectivity index (χ1) is 19.9. The van der Waals surface area contributed by atoms with Crippen LogP contribution in [0.1, 0.15) is 43.5 Å². The Morgan fingerprint density at radius 3 is 2.61 bits per heavy atom. The number of methoxy groups -OCH3 is 1. The van der Waals surface area contributed by atoms with Gasteiger partial charge in [0.05, 0.1) is 5.69 Å². The van der Waals surface area contributed by atoms with E-state index in [4.69, 9.17) is 21.1 Å². The van der Waals surface area contributed by atoms with Gasteiger partial charge in [0.1, 0.15) is 17.1 Å².